The van der Waals surface area contributed by atoms with Gasteiger partial charge < -0.3 is 32.3 Å². The predicted molar refractivity (Wildman–Crippen MR) is 86.8 cm³/mol. The third-order valence-corrected chi connectivity index (χ3v) is 2.63. The summed E-state index contributed by atoms with van der Waals surface area (Å²) in [6.45, 7) is 5.90. The van der Waals surface area contributed by atoms with E-state index < -0.39 is 11.9 Å². The Morgan fingerprint density at radius 2 is 1.00 bits per heavy atom. The minimum absolute atomic E-state index is 0.296. The molecule has 0 radical (unpaired) electrons. The molecular formula is C14H32N4O4. The average Bonchev–Trinajstić information content (AvgIpc) is 2.48. The van der Waals surface area contributed by atoms with E-state index >= 15 is 0 Å². The largest absolute Gasteiger partial charge is 0.481 e. The normalized spacial score (nSPS) is 9.91. The van der Waals surface area contributed by atoms with E-state index in [9.17, 15) is 9.59 Å². The molecule has 132 valence electrons. The van der Waals surface area contributed by atoms with Gasteiger partial charge in [-0.15, -0.1) is 0 Å². The fourth-order valence-electron chi connectivity index (χ4n) is 1.42. The van der Waals surface area contributed by atoms with Gasteiger partial charge in [0.15, 0.2) is 0 Å². The first-order valence-corrected chi connectivity index (χ1v) is 7.79. The summed E-state index contributed by atoms with van der Waals surface area (Å²) in [6, 6.07) is 0. The molecule has 0 bridgehead atoms. The molecule has 0 aromatic carbocycles. The third-order valence-electron chi connectivity index (χ3n) is 2.63. The van der Waals surface area contributed by atoms with E-state index in [0.29, 0.717) is 0 Å². The van der Waals surface area contributed by atoms with E-state index in [0.717, 1.165) is 52.1 Å². The van der Waals surface area contributed by atoms with Crippen molar-refractivity contribution in [1.29, 1.82) is 0 Å². The Kier molecular flexibility index (Phi) is 20.7. The Bertz CT molecular complexity index is 239. The molecule has 0 spiro atoms. The van der Waals surface area contributed by atoms with Gasteiger partial charge in [0.25, 0.3) is 0 Å². The van der Waals surface area contributed by atoms with Crippen LogP contribution in [-0.2, 0) is 9.59 Å². The zero-order chi connectivity index (χ0) is 17.1. The van der Waals surface area contributed by atoms with E-state index in [1.54, 1.807) is 0 Å². The Morgan fingerprint density at radius 1 is 0.682 bits per heavy atom. The molecule has 0 unspecified atom stereocenters. The van der Waals surface area contributed by atoms with E-state index in [2.05, 4.69) is 10.6 Å². The molecule has 8 N–H and O–H groups in total. The van der Waals surface area contributed by atoms with Gasteiger partial charge in [-0.05, 0) is 65.0 Å². The van der Waals surface area contributed by atoms with Gasteiger partial charge in [-0.1, -0.05) is 0 Å². The summed E-state index contributed by atoms with van der Waals surface area (Å²) in [5, 5.41) is 22.5. The van der Waals surface area contributed by atoms with Crippen molar-refractivity contribution in [2.75, 3.05) is 39.3 Å². The monoisotopic (exact) mass is 320 g/mol. The summed E-state index contributed by atoms with van der Waals surface area (Å²) in [7, 11) is 0. The summed E-state index contributed by atoms with van der Waals surface area (Å²) < 4.78 is 0. The minimum atomic E-state index is -1.08. The molecule has 0 saturated heterocycles. The molecule has 0 atom stereocenters. The third kappa shape index (κ3) is 27.2. The smallest absolute Gasteiger partial charge is 0.303 e. The molecule has 0 heterocycles. The van der Waals surface area contributed by atoms with Crippen molar-refractivity contribution in [2.24, 2.45) is 11.5 Å². The van der Waals surface area contributed by atoms with Crippen molar-refractivity contribution in [3.63, 3.8) is 0 Å². The number of rotatable bonds is 14. The van der Waals surface area contributed by atoms with Crippen molar-refractivity contribution in [3.8, 4) is 0 Å². The lowest BCUT2D eigenvalue weighted by atomic mass is 10.3. The van der Waals surface area contributed by atoms with Crippen molar-refractivity contribution < 1.29 is 19.8 Å². The highest BCUT2D eigenvalue weighted by Crippen LogP contribution is 1.86. The zero-order valence-corrected chi connectivity index (χ0v) is 13.4. The molecule has 0 aliphatic rings. The van der Waals surface area contributed by atoms with Crippen molar-refractivity contribution >= 4 is 11.9 Å². The Labute approximate surface area is 132 Å². The lowest BCUT2D eigenvalue weighted by Crippen LogP contribution is -2.22. The summed E-state index contributed by atoms with van der Waals surface area (Å²) in [5.74, 6) is -2.15. The van der Waals surface area contributed by atoms with Gasteiger partial charge in [-0.3, -0.25) is 9.59 Å². The number of nitrogens with one attached hydrogen (secondary N) is 2. The first kappa shape index (κ1) is 23.1. The Hall–Kier alpha value is -1.22. The van der Waals surface area contributed by atoms with Crippen LogP contribution in [0.25, 0.3) is 0 Å². The predicted octanol–water partition coefficient (Wildman–Crippen LogP) is -0.421. The van der Waals surface area contributed by atoms with Crippen molar-refractivity contribution in [3.05, 3.63) is 0 Å². The molecule has 0 saturated carbocycles. The van der Waals surface area contributed by atoms with Gasteiger partial charge in [0.05, 0.1) is 12.8 Å². The topological polar surface area (TPSA) is 151 Å². The maximum atomic E-state index is 9.64. The molecule has 0 aromatic heterocycles. The van der Waals surface area contributed by atoms with E-state index in [-0.39, 0.29) is 12.8 Å². The average molecular weight is 320 g/mol. The summed E-state index contributed by atoms with van der Waals surface area (Å²) in [4.78, 5) is 19.3. The van der Waals surface area contributed by atoms with Gasteiger partial charge in [0, 0.05) is 0 Å². The highest BCUT2D eigenvalue weighted by Gasteiger charge is 2.00. The second-order valence-corrected chi connectivity index (χ2v) is 4.78. The summed E-state index contributed by atoms with van der Waals surface area (Å²) in [6.07, 6.45) is 4.04. The van der Waals surface area contributed by atoms with Crippen LogP contribution in [0.4, 0.5) is 0 Å². The fourth-order valence-corrected chi connectivity index (χ4v) is 1.42. The highest BCUT2D eigenvalue weighted by atomic mass is 16.4. The zero-order valence-electron chi connectivity index (χ0n) is 13.4. The van der Waals surface area contributed by atoms with Crippen LogP contribution < -0.4 is 22.1 Å². The molecule has 0 aliphatic carbocycles. The van der Waals surface area contributed by atoms with E-state index in [1.165, 1.54) is 12.8 Å². The molecule has 0 aromatic rings. The first-order valence-electron chi connectivity index (χ1n) is 7.79. The Balaban J connectivity index is 0. The lowest BCUT2D eigenvalue weighted by molar-refractivity contribution is -0.143. The molecule has 0 amide bonds. The molecule has 8 nitrogen and oxygen atoms in total. The summed E-state index contributed by atoms with van der Waals surface area (Å²) in [5.41, 5.74) is 10.8. The van der Waals surface area contributed by atoms with Crippen LogP contribution in [0.15, 0.2) is 0 Å². The number of hydrogen-bond donors (Lipinski definition) is 6. The van der Waals surface area contributed by atoms with Crippen LogP contribution in [-0.4, -0.2) is 61.4 Å². The number of hydrogen-bond acceptors (Lipinski definition) is 6. The molecule has 0 aliphatic heterocycles. The number of aliphatic carboxylic acids is 2. The Morgan fingerprint density at radius 3 is 1.27 bits per heavy atom. The molecule has 0 fully saturated rings. The van der Waals surface area contributed by atoms with Crippen LogP contribution >= 0.6 is 0 Å². The van der Waals surface area contributed by atoms with Crippen LogP contribution in [0.1, 0.15) is 38.5 Å². The van der Waals surface area contributed by atoms with Crippen molar-refractivity contribution in [2.45, 2.75) is 38.5 Å². The van der Waals surface area contributed by atoms with Crippen LogP contribution in [0, 0.1) is 0 Å². The fraction of sp³-hybridized carbons (Fsp3) is 0.857. The molecular weight excluding hydrogens is 288 g/mol. The van der Waals surface area contributed by atoms with Gasteiger partial charge in [-0.25, -0.2) is 0 Å². The van der Waals surface area contributed by atoms with Crippen LogP contribution in [0.2, 0.25) is 0 Å². The van der Waals surface area contributed by atoms with Crippen LogP contribution in [0.5, 0.6) is 0 Å². The molecule has 0 rings (SSSR count). The highest BCUT2D eigenvalue weighted by molar-refractivity contribution is 5.75. The maximum absolute atomic E-state index is 9.64. The summed E-state index contributed by atoms with van der Waals surface area (Å²) >= 11 is 0. The minimum Gasteiger partial charge on any atom is -0.481 e. The van der Waals surface area contributed by atoms with Gasteiger partial charge in [-0.2, -0.15) is 0 Å². The standard InChI is InChI=1S/C10H26N4.C4H6O4/c11-5-3-9-13-7-1-2-8-14-10-4-6-12;5-3(6)1-2-4(7)8/h13-14H,1-12H2;1-2H2,(H,5,6)(H,7,8). The van der Waals surface area contributed by atoms with Gasteiger partial charge in [0.2, 0.25) is 0 Å². The van der Waals surface area contributed by atoms with Gasteiger partial charge in [0.1, 0.15) is 0 Å². The SMILES string of the molecule is NCCCNCCCCNCCCN.O=C(O)CCC(=O)O. The second kappa shape index (κ2) is 19.8. The second-order valence-electron chi connectivity index (χ2n) is 4.78. The van der Waals surface area contributed by atoms with E-state index in [4.69, 9.17) is 21.7 Å². The molecule has 8 heteroatoms. The number of carboxylic acid groups (broad SMARTS) is 2. The maximum Gasteiger partial charge on any atom is 0.303 e. The van der Waals surface area contributed by atoms with E-state index in [1.807, 2.05) is 0 Å². The van der Waals surface area contributed by atoms with Crippen LogP contribution in [0.3, 0.4) is 0 Å². The number of unbranched alkanes of at least 4 members (excludes halogenated alkanes) is 1. The number of nitrogens with two attached hydrogens (primary N) is 2. The quantitative estimate of drug-likeness (QED) is 0.236. The number of carbonyl (C=O) groups is 2. The van der Waals surface area contributed by atoms with Gasteiger partial charge >= 0.3 is 11.9 Å². The molecule has 22 heavy (non-hydrogen) atoms. The number of carboxylic acids is 2. The first-order chi connectivity index (χ1) is 10.5. The van der Waals surface area contributed by atoms with Crippen molar-refractivity contribution in [1.82, 2.24) is 10.6 Å². The lowest BCUT2D eigenvalue weighted by Gasteiger charge is -2.04.